The van der Waals surface area contributed by atoms with E-state index in [1.165, 1.54) is 38.8 Å². The maximum atomic E-state index is 5.60. The Hall–Kier alpha value is -0.120. The van der Waals surface area contributed by atoms with Gasteiger partial charge < -0.3 is 16.0 Å². The Kier molecular flexibility index (Phi) is 3.42. The molecule has 0 amide bonds. The summed E-state index contributed by atoms with van der Waals surface area (Å²) < 4.78 is 0. The quantitative estimate of drug-likeness (QED) is 0.691. The lowest BCUT2D eigenvalue weighted by atomic mass is 10.0. The molecule has 1 saturated heterocycles. The predicted molar refractivity (Wildman–Crippen MR) is 59.3 cm³/mol. The van der Waals surface area contributed by atoms with E-state index in [0.29, 0.717) is 12.1 Å². The highest BCUT2D eigenvalue weighted by Crippen LogP contribution is 2.29. The summed E-state index contributed by atoms with van der Waals surface area (Å²) in [5.74, 6) is 0. The lowest BCUT2D eigenvalue weighted by Gasteiger charge is -2.33. The van der Waals surface area contributed by atoms with E-state index in [4.69, 9.17) is 5.73 Å². The summed E-state index contributed by atoms with van der Waals surface area (Å²) >= 11 is 0. The minimum Gasteiger partial charge on any atom is -0.329 e. The van der Waals surface area contributed by atoms with E-state index in [1.54, 1.807) is 0 Å². The average Bonchev–Trinajstić information content (AvgIpc) is 3.02. The summed E-state index contributed by atoms with van der Waals surface area (Å²) in [7, 11) is 0. The summed E-state index contributed by atoms with van der Waals surface area (Å²) in [6, 6.07) is 2.14. The average molecular weight is 197 g/mol. The molecule has 3 nitrogen and oxygen atoms in total. The Morgan fingerprint density at radius 1 is 1.29 bits per heavy atom. The first-order valence-corrected chi connectivity index (χ1v) is 5.99. The molecule has 0 aromatic carbocycles. The van der Waals surface area contributed by atoms with Gasteiger partial charge in [0.05, 0.1) is 0 Å². The number of likely N-dealkylation sites (tertiary alicyclic amines) is 1. The van der Waals surface area contributed by atoms with Crippen LogP contribution in [0.25, 0.3) is 0 Å². The van der Waals surface area contributed by atoms with Gasteiger partial charge in [-0.25, -0.2) is 0 Å². The maximum Gasteiger partial charge on any atom is 0.0164 e. The fourth-order valence-corrected chi connectivity index (χ4v) is 2.34. The molecule has 2 fully saturated rings. The Bertz CT molecular complexity index is 171. The number of piperidine rings is 1. The molecule has 1 aliphatic carbocycles. The lowest BCUT2D eigenvalue weighted by Crippen LogP contribution is -2.47. The lowest BCUT2D eigenvalue weighted by molar-refractivity contribution is 0.184. The normalized spacial score (nSPS) is 27.9. The SMILES string of the molecule is CC(CN)NC1CCN(C2CC2)CC1. The molecule has 0 aromatic heterocycles. The van der Waals surface area contributed by atoms with Gasteiger partial charge in [-0.1, -0.05) is 0 Å². The van der Waals surface area contributed by atoms with Crippen molar-refractivity contribution in [3.8, 4) is 0 Å². The predicted octanol–water partition coefficient (Wildman–Crippen LogP) is 0.550. The second-order valence-electron chi connectivity index (χ2n) is 4.84. The highest BCUT2D eigenvalue weighted by molar-refractivity contribution is 4.89. The molecule has 0 aromatic rings. The van der Waals surface area contributed by atoms with Crippen molar-refractivity contribution in [2.75, 3.05) is 19.6 Å². The van der Waals surface area contributed by atoms with Crippen molar-refractivity contribution in [2.24, 2.45) is 5.73 Å². The summed E-state index contributed by atoms with van der Waals surface area (Å²) in [6.07, 6.45) is 5.50. The molecule has 2 rings (SSSR count). The first kappa shape index (κ1) is 10.4. The van der Waals surface area contributed by atoms with E-state index in [1.807, 2.05) is 0 Å². The van der Waals surface area contributed by atoms with Gasteiger partial charge >= 0.3 is 0 Å². The smallest absolute Gasteiger partial charge is 0.0164 e. The van der Waals surface area contributed by atoms with Crippen molar-refractivity contribution in [2.45, 2.75) is 50.7 Å². The van der Waals surface area contributed by atoms with Crippen LogP contribution >= 0.6 is 0 Å². The van der Waals surface area contributed by atoms with Crippen LogP contribution in [0.15, 0.2) is 0 Å². The number of nitrogens with one attached hydrogen (secondary N) is 1. The standard InChI is InChI=1S/C11H23N3/c1-9(8-12)13-10-4-6-14(7-5-10)11-2-3-11/h9-11,13H,2-8,12H2,1H3. The van der Waals surface area contributed by atoms with Crippen molar-refractivity contribution >= 4 is 0 Å². The Balaban J connectivity index is 1.67. The molecule has 0 radical (unpaired) electrons. The molecule has 14 heavy (non-hydrogen) atoms. The molecular formula is C11H23N3. The van der Waals surface area contributed by atoms with Gasteiger partial charge in [0.1, 0.15) is 0 Å². The molecule has 1 unspecified atom stereocenters. The van der Waals surface area contributed by atoms with Crippen LogP contribution in [-0.2, 0) is 0 Å². The number of rotatable bonds is 4. The number of hydrogen-bond donors (Lipinski definition) is 2. The maximum absolute atomic E-state index is 5.60. The molecule has 3 N–H and O–H groups in total. The van der Waals surface area contributed by atoms with Crippen LogP contribution in [0.3, 0.4) is 0 Å². The van der Waals surface area contributed by atoms with E-state index in [9.17, 15) is 0 Å². The highest BCUT2D eigenvalue weighted by Gasteiger charge is 2.31. The Morgan fingerprint density at radius 2 is 1.93 bits per heavy atom. The number of nitrogens with zero attached hydrogens (tertiary/aromatic N) is 1. The monoisotopic (exact) mass is 197 g/mol. The zero-order valence-electron chi connectivity index (χ0n) is 9.21. The zero-order valence-corrected chi connectivity index (χ0v) is 9.21. The van der Waals surface area contributed by atoms with E-state index in [0.717, 1.165) is 12.6 Å². The van der Waals surface area contributed by atoms with Crippen LogP contribution in [0.1, 0.15) is 32.6 Å². The van der Waals surface area contributed by atoms with Crippen LogP contribution in [0, 0.1) is 0 Å². The summed E-state index contributed by atoms with van der Waals surface area (Å²) in [5.41, 5.74) is 5.60. The van der Waals surface area contributed by atoms with Crippen LogP contribution in [0.5, 0.6) is 0 Å². The van der Waals surface area contributed by atoms with E-state index < -0.39 is 0 Å². The fourth-order valence-electron chi connectivity index (χ4n) is 2.34. The van der Waals surface area contributed by atoms with Gasteiger partial charge in [-0.15, -0.1) is 0 Å². The zero-order chi connectivity index (χ0) is 9.97. The van der Waals surface area contributed by atoms with Gasteiger partial charge in [0.25, 0.3) is 0 Å². The molecular weight excluding hydrogens is 174 g/mol. The fraction of sp³-hybridized carbons (Fsp3) is 1.00. The first-order valence-electron chi connectivity index (χ1n) is 5.99. The molecule has 1 aliphatic heterocycles. The van der Waals surface area contributed by atoms with Crippen LogP contribution < -0.4 is 11.1 Å². The molecule has 1 atom stereocenters. The van der Waals surface area contributed by atoms with E-state index in [-0.39, 0.29) is 0 Å². The number of nitrogens with two attached hydrogens (primary N) is 1. The summed E-state index contributed by atoms with van der Waals surface area (Å²) in [6.45, 7) is 5.51. The largest absolute Gasteiger partial charge is 0.329 e. The molecule has 82 valence electrons. The van der Waals surface area contributed by atoms with E-state index in [2.05, 4.69) is 17.1 Å². The molecule has 2 aliphatic rings. The third-order valence-electron chi connectivity index (χ3n) is 3.47. The second-order valence-corrected chi connectivity index (χ2v) is 4.84. The minimum absolute atomic E-state index is 0.479. The number of hydrogen-bond acceptors (Lipinski definition) is 3. The first-order chi connectivity index (χ1) is 6.79. The Morgan fingerprint density at radius 3 is 2.43 bits per heavy atom. The topological polar surface area (TPSA) is 41.3 Å². The Labute approximate surface area is 87.0 Å². The van der Waals surface area contributed by atoms with Gasteiger partial charge in [-0.3, -0.25) is 0 Å². The van der Waals surface area contributed by atoms with Crippen molar-refractivity contribution in [3.63, 3.8) is 0 Å². The molecule has 0 spiro atoms. The molecule has 3 heteroatoms. The third kappa shape index (κ3) is 2.69. The van der Waals surface area contributed by atoms with Crippen LogP contribution in [0.4, 0.5) is 0 Å². The van der Waals surface area contributed by atoms with Gasteiger partial charge in [0, 0.05) is 24.7 Å². The van der Waals surface area contributed by atoms with Crippen molar-refractivity contribution < 1.29 is 0 Å². The van der Waals surface area contributed by atoms with Crippen molar-refractivity contribution in [3.05, 3.63) is 0 Å². The van der Waals surface area contributed by atoms with Gasteiger partial charge in [0.15, 0.2) is 0 Å². The van der Waals surface area contributed by atoms with Crippen molar-refractivity contribution in [1.82, 2.24) is 10.2 Å². The molecule has 1 saturated carbocycles. The third-order valence-corrected chi connectivity index (χ3v) is 3.47. The van der Waals surface area contributed by atoms with E-state index >= 15 is 0 Å². The van der Waals surface area contributed by atoms with Crippen LogP contribution in [-0.4, -0.2) is 42.7 Å². The highest BCUT2D eigenvalue weighted by atomic mass is 15.2. The van der Waals surface area contributed by atoms with Crippen LogP contribution in [0.2, 0.25) is 0 Å². The van der Waals surface area contributed by atoms with Gasteiger partial charge in [0.2, 0.25) is 0 Å². The molecule has 1 heterocycles. The minimum atomic E-state index is 0.479. The molecule has 0 bridgehead atoms. The van der Waals surface area contributed by atoms with Crippen molar-refractivity contribution in [1.29, 1.82) is 0 Å². The van der Waals surface area contributed by atoms with Gasteiger partial charge in [-0.2, -0.15) is 0 Å². The van der Waals surface area contributed by atoms with Gasteiger partial charge in [-0.05, 0) is 45.7 Å². The summed E-state index contributed by atoms with van der Waals surface area (Å²) in [5, 5.41) is 3.60. The summed E-state index contributed by atoms with van der Waals surface area (Å²) in [4.78, 5) is 2.66. The second kappa shape index (κ2) is 4.60.